The summed E-state index contributed by atoms with van der Waals surface area (Å²) in [5.74, 6) is 1.78. The first kappa shape index (κ1) is 21.1. The Hall–Kier alpha value is -3.47. The fraction of sp³-hybridized carbons (Fsp3) is 0.261. The Labute approximate surface area is 199 Å². The standard InChI is InChI=1S/C23H23ClFN9/c24-13-4-5-17-18(8-13)30-19(29-17)10-27-21-20-22(32-23(31-21)33-7-6-15(26)11-33)34(12-28-20)16-3-1-2-14(25)9-16/h1-5,8-9,12,15,23,32H,6-7,10-11,26H2,(H,27,31)(H,29,30). The number of aromatic amines is 1. The number of aliphatic imine (C=N–C) groups is 1. The van der Waals surface area contributed by atoms with Crippen LogP contribution in [0.25, 0.3) is 16.7 Å². The average molecular weight is 480 g/mol. The molecule has 2 atom stereocenters. The smallest absolute Gasteiger partial charge is 0.157 e. The molecule has 4 aromatic rings. The molecule has 6 rings (SSSR count). The molecule has 0 radical (unpaired) electrons. The number of hydrogen-bond acceptors (Lipinski definition) is 6. The van der Waals surface area contributed by atoms with Crippen LogP contribution in [0, 0.1) is 5.82 Å². The normalized spacial score (nSPS) is 21.6. The summed E-state index contributed by atoms with van der Waals surface area (Å²) in [6, 6.07) is 12.1. The molecular weight excluding hydrogens is 457 g/mol. The summed E-state index contributed by atoms with van der Waals surface area (Å²) in [5.41, 5.74) is 9.18. The molecule has 5 N–H and O–H groups in total. The van der Waals surface area contributed by atoms with Gasteiger partial charge < -0.3 is 21.4 Å². The Morgan fingerprint density at radius 3 is 2.94 bits per heavy atom. The van der Waals surface area contributed by atoms with E-state index in [1.807, 2.05) is 28.8 Å². The first-order chi connectivity index (χ1) is 16.5. The second kappa shape index (κ2) is 8.39. The van der Waals surface area contributed by atoms with Crippen LogP contribution < -0.4 is 16.4 Å². The quantitative estimate of drug-likeness (QED) is 0.358. The van der Waals surface area contributed by atoms with Gasteiger partial charge in [0.1, 0.15) is 29.5 Å². The molecule has 11 heteroatoms. The van der Waals surface area contributed by atoms with Crippen LogP contribution in [0.4, 0.5) is 10.2 Å². The van der Waals surface area contributed by atoms with Gasteiger partial charge in [-0.1, -0.05) is 17.7 Å². The van der Waals surface area contributed by atoms with Crippen molar-refractivity contribution in [2.75, 3.05) is 18.4 Å². The summed E-state index contributed by atoms with van der Waals surface area (Å²) >= 11 is 6.09. The number of likely N-dealkylation sites (tertiary alicyclic amines) is 1. The highest BCUT2D eigenvalue weighted by Gasteiger charge is 2.33. The van der Waals surface area contributed by atoms with Gasteiger partial charge >= 0.3 is 0 Å². The molecule has 2 unspecified atom stereocenters. The third-order valence-electron chi connectivity index (χ3n) is 6.13. The lowest BCUT2D eigenvalue weighted by Crippen LogP contribution is -2.56. The van der Waals surface area contributed by atoms with Crippen molar-refractivity contribution in [2.45, 2.75) is 25.3 Å². The van der Waals surface area contributed by atoms with E-state index in [9.17, 15) is 4.39 Å². The fourth-order valence-corrected chi connectivity index (χ4v) is 4.63. The lowest BCUT2D eigenvalue weighted by molar-refractivity contribution is 0.246. The zero-order valence-electron chi connectivity index (χ0n) is 18.2. The van der Waals surface area contributed by atoms with Crippen molar-refractivity contribution in [2.24, 2.45) is 10.7 Å². The van der Waals surface area contributed by atoms with Gasteiger partial charge in [0.2, 0.25) is 0 Å². The van der Waals surface area contributed by atoms with E-state index >= 15 is 0 Å². The van der Waals surface area contributed by atoms with E-state index in [4.69, 9.17) is 22.3 Å². The summed E-state index contributed by atoms with van der Waals surface area (Å²) in [4.78, 5) is 19.5. The zero-order valence-corrected chi connectivity index (χ0v) is 18.9. The van der Waals surface area contributed by atoms with E-state index in [1.165, 1.54) is 12.1 Å². The molecule has 34 heavy (non-hydrogen) atoms. The number of anilines is 1. The van der Waals surface area contributed by atoms with Crippen molar-refractivity contribution in [1.29, 1.82) is 0 Å². The van der Waals surface area contributed by atoms with E-state index in [1.54, 1.807) is 12.4 Å². The number of nitrogens with one attached hydrogen (secondary N) is 3. The predicted molar refractivity (Wildman–Crippen MR) is 130 cm³/mol. The Morgan fingerprint density at radius 2 is 2.12 bits per heavy atom. The van der Waals surface area contributed by atoms with Crippen LogP contribution >= 0.6 is 11.6 Å². The molecule has 2 aromatic heterocycles. The second-order valence-corrected chi connectivity index (χ2v) is 8.97. The summed E-state index contributed by atoms with van der Waals surface area (Å²) in [6.07, 6.45) is 2.37. The van der Waals surface area contributed by atoms with Gasteiger partial charge in [0.05, 0.1) is 23.3 Å². The van der Waals surface area contributed by atoms with Crippen molar-refractivity contribution in [3.8, 4) is 5.69 Å². The second-order valence-electron chi connectivity index (χ2n) is 8.54. The predicted octanol–water partition coefficient (Wildman–Crippen LogP) is 2.82. The van der Waals surface area contributed by atoms with Crippen molar-refractivity contribution in [3.05, 3.63) is 71.2 Å². The molecule has 4 heterocycles. The molecule has 1 fully saturated rings. The van der Waals surface area contributed by atoms with E-state index in [0.717, 1.165) is 42.2 Å². The monoisotopic (exact) mass is 479 g/mol. The largest absolute Gasteiger partial charge is 0.340 e. The highest BCUT2D eigenvalue weighted by Crippen LogP contribution is 2.26. The van der Waals surface area contributed by atoms with Crippen LogP contribution in [0.3, 0.4) is 0 Å². The number of rotatable bonds is 4. The highest BCUT2D eigenvalue weighted by molar-refractivity contribution is 6.31. The number of nitrogens with zero attached hydrogens (tertiary/aromatic N) is 5. The Morgan fingerprint density at radius 1 is 1.21 bits per heavy atom. The van der Waals surface area contributed by atoms with Gasteiger partial charge in [-0.25, -0.2) is 14.4 Å². The third kappa shape index (κ3) is 3.89. The number of benzene rings is 2. The lowest BCUT2D eigenvalue weighted by atomic mass is 10.2. The van der Waals surface area contributed by atoms with Gasteiger partial charge in [-0.15, -0.1) is 0 Å². The van der Waals surface area contributed by atoms with Crippen LogP contribution in [0.1, 0.15) is 17.9 Å². The highest BCUT2D eigenvalue weighted by atomic mass is 35.5. The fourth-order valence-electron chi connectivity index (χ4n) is 4.46. The third-order valence-corrected chi connectivity index (χ3v) is 6.36. The molecule has 9 nitrogen and oxygen atoms in total. The SMILES string of the molecule is NC1CCN(C2NC(=NCc3nc4ccc(Cl)cc4[nH]3)c3ncn(-c4cccc(F)c4)c3N2)C1. The van der Waals surface area contributed by atoms with E-state index < -0.39 is 0 Å². The van der Waals surface area contributed by atoms with E-state index in [0.29, 0.717) is 28.8 Å². The molecule has 2 aromatic carbocycles. The topological polar surface area (TPSA) is 112 Å². The molecule has 2 aliphatic heterocycles. The first-order valence-electron chi connectivity index (χ1n) is 11.1. The average Bonchev–Trinajstić information content (AvgIpc) is 3.54. The van der Waals surface area contributed by atoms with Gasteiger partial charge in [0.25, 0.3) is 0 Å². The van der Waals surface area contributed by atoms with Gasteiger partial charge in [-0.3, -0.25) is 14.5 Å². The van der Waals surface area contributed by atoms with Crippen LogP contribution in [0.5, 0.6) is 0 Å². The maximum absolute atomic E-state index is 13.9. The van der Waals surface area contributed by atoms with Crippen LogP contribution in [-0.4, -0.2) is 55.7 Å². The minimum Gasteiger partial charge on any atom is -0.340 e. The number of imidazole rings is 2. The molecule has 1 saturated heterocycles. The van der Waals surface area contributed by atoms with Gasteiger partial charge in [0.15, 0.2) is 12.1 Å². The van der Waals surface area contributed by atoms with Gasteiger partial charge in [-0.2, -0.15) is 0 Å². The van der Waals surface area contributed by atoms with Gasteiger partial charge in [0, 0.05) is 24.2 Å². The maximum Gasteiger partial charge on any atom is 0.157 e. The summed E-state index contributed by atoms with van der Waals surface area (Å²) in [5, 5.41) is 7.60. The number of hydrogen-bond donors (Lipinski definition) is 4. The summed E-state index contributed by atoms with van der Waals surface area (Å²) < 4.78 is 15.8. The summed E-state index contributed by atoms with van der Waals surface area (Å²) in [6.45, 7) is 1.94. The molecule has 2 aliphatic rings. The number of fused-ring (bicyclic) bond motifs is 2. The minimum absolute atomic E-state index is 0.126. The molecule has 0 aliphatic carbocycles. The van der Waals surface area contributed by atoms with Crippen molar-refractivity contribution in [3.63, 3.8) is 0 Å². The number of halogens is 2. The molecule has 0 amide bonds. The summed E-state index contributed by atoms with van der Waals surface area (Å²) in [7, 11) is 0. The zero-order chi connectivity index (χ0) is 23.2. The molecule has 0 spiro atoms. The van der Waals surface area contributed by atoms with Crippen molar-refractivity contribution >= 4 is 34.3 Å². The minimum atomic E-state index is -0.310. The number of aromatic nitrogens is 4. The van der Waals surface area contributed by atoms with Crippen molar-refractivity contribution < 1.29 is 4.39 Å². The molecule has 174 valence electrons. The Bertz CT molecular complexity index is 1390. The van der Waals surface area contributed by atoms with Crippen LogP contribution in [-0.2, 0) is 6.54 Å². The molecule has 0 bridgehead atoms. The first-order valence-corrected chi connectivity index (χ1v) is 11.5. The number of amidine groups is 1. The number of H-pyrrole nitrogens is 1. The Balaban J connectivity index is 1.36. The molecular formula is C23H23ClFN9. The molecule has 0 saturated carbocycles. The van der Waals surface area contributed by atoms with E-state index in [-0.39, 0.29) is 18.1 Å². The number of nitrogens with two attached hydrogens (primary N) is 1. The Kier molecular flexibility index (Phi) is 5.20. The maximum atomic E-state index is 13.9. The lowest BCUT2D eigenvalue weighted by Gasteiger charge is -2.34. The van der Waals surface area contributed by atoms with E-state index in [2.05, 4.69) is 30.5 Å². The van der Waals surface area contributed by atoms with Gasteiger partial charge in [-0.05, 0) is 42.8 Å². The van der Waals surface area contributed by atoms with Crippen LogP contribution in [0.15, 0.2) is 53.8 Å². The van der Waals surface area contributed by atoms with Crippen molar-refractivity contribution in [1.82, 2.24) is 29.7 Å². The van der Waals surface area contributed by atoms with Crippen LogP contribution in [0.2, 0.25) is 5.02 Å².